The molecule has 1 aliphatic heterocycles. The lowest BCUT2D eigenvalue weighted by molar-refractivity contribution is -0.134. The van der Waals surface area contributed by atoms with E-state index in [0.29, 0.717) is 24.0 Å². The molecule has 1 saturated carbocycles. The van der Waals surface area contributed by atoms with Crippen LogP contribution in [0.3, 0.4) is 0 Å². The SMILES string of the molecule is O=C(C(c1ccc(Cl)cc1)C1CCCC1)N1CCN(c2ncccn2)CC1. The maximum absolute atomic E-state index is 13.5. The first-order valence-corrected chi connectivity index (χ1v) is 10.2. The van der Waals surface area contributed by atoms with Gasteiger partial charge in [0.25, 0.3) is 0 Å². The lowest BCUT2D eigenvalue weighted by Gasteiger charge is -2.37. The number of benzene rings is 1. The summed E-state index contributed by atoms with van der Waals surface area (Å²) in [5, 5.41) is 0.716. The molecule has 0 bridgehead atoms. The van der Waals surface area contributed by atoms with E-state index in [0.717, 1.165) is 37.4 Å². The molecule has 6 heteroatoms. The average Bonchev–Trinajstić information content (AvgIpc) is 3.25. The zero-order valence-corrected chi connectivity index (χ0v) is 16.2. The molecular formula is C21H25ClN4O. The van der Waals surface area contributed by atoms with Crippen molar-refractivity contribution in [1.29, 1.82) is 0 Å². The van der Waals surface area contributed by atoms with Gasteiger partial charge in [0, 0.05) is 43.6 Å². The second-order valence-electron chi connectivity index (χ2n) is 7.43. The van der Waals surface area contributed by atoms with Crippen LogP contribution in [0.15, 0.2) is 42.7 Å². The van der Waals surface area contributed by atoms with Crippen LogP contribution in [0.4, 0.5) is 5.95 Å². The Bertz CT molecular complexity index is 754. The first-order chi connectivity index (χ1) is 13.2. The van der Waals surface area contributed by atoms with E-state index in [1.54, 1.807) is 12.4 Å². The highest BCUT2D eigenvalue weighted by Crippen LogP contribution is 2.39. The smallest absolute Gasteiger partial charge is 0.230 e. The summed E-state index contributed by atoms with van der Waals surface area (Å²) in [7, 11) is 0. The van der Waals surface area contributed by atoms with Gasteiger partial charge in [-0.15, -0.1) is 0 Å². The maximum Gasteiger partial charge on any atom is 0.230 e. The number of amides is 1. The topological polar surface area (TPSA) is 49.3 Å². The lowest BCUT2D eigenvalue weighted by atomic mass is 9.83. The van der Waals surface area contributed by atoms with Crippen LogP contribution in [0.5, 0.6) is 0 Å². The average molecular weight is 385 g/mol. The van der Waals surface area contributed by atoms with Crippen molar-refractivity contribution in [1.82, 2.24) is 14.9 Å². The Balaban J connectivity index is 1.48. The third-order valence-corrected chi connectivity index (χ3v) is 6.04. The van der Waals surface area contributed by atoms with Gasteiger partial charge in [-0.1, -0.05) is 36.6 Å². The number of halogens is 1. The van der Waals surface area contributed by atoms with Crippen LogP contribution in [-0.2, 0) is 4.79 Å². The molecule has 0 spiro atoms. The summed E-state index contributed by atoms with van der Waals surface area (Å²) < 4.78 is 0. The fraction of sp³-hybridized carbons (Fsp3) is 0.476. The van der Waals surface area contributed by atoms with Crippen LogP contribution in [0.1, 0.15) is 37.2 Å². The highest BCUT2D eigenvalue weighted by Gasteiger charge is 2.35. The number of anilines is 1. The van der Waals surface area contributed by atoms with Gasteiger partial charge >= 0.3 is 0 Å². The van der Waals surface area contributed by atoms with Crippen molar-refractivity contribution in [3.05, 3.63) is 53.3 Å². The van der Waals surface area contributed by atoms with Crippen LogP contribution < -0.4 is 4.90 Å². The summed E-state index contributed by atoms with van der Waals surface area (Å²) >= 11 is 6.07. The predicted octanol–water partition coefficient (Wildman–Crippen LogP) is 3.75. The summed E-state index contributed by atoms with van der Waals surface area (Å²) in [6.45, 7) is 2.98. The molecule has 1 saturated heterocycles. The quantitative estimate of drug-likeness (QED) is 0.805. The summed E-state index contributed by atoms with van der Waals surface area (Å²) in [6.07, 6.45) is 8.24. The van der Waals surface area contributed by atoms with Crippen molar-refractivity contribution >= 4 is 23.5 Å². The molecule has 2 aromatic rings. The largest absolute Gasteiger partial charge is 0.339 e. The molecule has 5 nitrogen and oxygen atoms in total. The molecule has 1 aliphatic carbocycles. The summed E-state index contributed by atoms with van der Waals surface area (Å²) in [6, 6.07) is 9.67. The molecular weight excluding hydrogens is 360 g/mol. The number of hydrogen-bond donors (Lipinski definition) is 0. The number of carbonyl (C=O) groups excluding carboxylic acids is 1. The Kier molecular flexibility index (Phi) is 5.58. The molecule has 0 N–H and O–H groups in total. The molecule has 2 aliphatic rings. The van der Waals surface area contributed by atoms with E-state index in [9.17, 15) is 4.79 Å². The molecule has 1 amide bonds. The summed E-state index contributed by atoms with van der Waals surface area (Å²) in [5.41, 5.74) is 1.10. The van der Waals surface area contributed by atoms with E-state index in [2.05, 4.69) is 14.9 Å². The van der Waals surface area contributed by atoms with Crippen LogP contribution >= 0.6 is 11.6 Å². The van der Waals surface area contributed by atoms with Crippen molar-refractivity contribution in [2.24, 2.45) is 5.92 Å². The third kappa shape index (κ3) is 4.08. The molecule has 2 fully saturated rings. The van der Waals surface area contributed by atoms with Crippen molar-refractivity contribution < 1.29 is 4.79 Å². The molecule has 142 valence electrons. The van der Waals surface area contributed by atoms with Gasteiger partial charge in [0.2, 0.25) is 11.9 Å². The van der Waals surface area contributed by atoms with Gasteiger partial charge < -0.3 is 9.80 Å². The van der Waals surface area contributed by atoms with E-state index in [4.69, 9.17) is 11.6 Å². The highest BCUT2D eigenvalue weighted by atomic mass is 35.5. The van der Waals surface area contributed by atoms with Crippen molar-refractivity contribution in [3.8, 4) is 0 Å². The Labute approximate surface area is 165 Å². The van der Waals surface area contributed by atoms with Crippen molar-refractivity contribution in [2.75, 3.05) is 31.1 Å². The Morgan fingerprint density at radius 2 is 1.63 bits per heavy atom. The Morgan fingerprint density at radius 3 is 2.26 bits per heavy atom. The number of hydrogen-bond acceptors (Lipinski definition) is 4. The molecule has 1 aromatic heterocycles. The zero-order chi connectivity index (χ0) is 18.6. The van der Waals surface area contributed by atoms with Gasteiger partial charge in [-0.25, -0.2) is 9.97 Å². The standard InChI is InChI=1S/C21H25ClN4O/c22-18-8-6-17(7-9-18)19(16-4-1-2-5-16)20(27)25-12-14-26(15-13-25)21-23-10-3-11-24-21/h3,6-11,16,19H,1-2,4-5,12-15H2. The van der Waals surface area contributed by atoms with Crippen LogP contribution in [0, 0.1) is 5.92 Å². The van der Waals surface area contributed by atoms with Crippen LogP contribution in [-0.4, -0.2) is 47.0 Å². The van der Waals surface area contributed by atoms with Crippen molar-refractivity contribution in [2.45, 2.75) is 31.6 Å². The van der Waals surface area contributed by atoms with Gasteiger partial charge in [-0.3, -0.25) is 4.79 Å². The van der Waals surface area contributed by atoms with Gasteiger partial charge in [0.1, 0.15) is 0 Å². The third-order valence-electron chi connectivity index (χ3n) is 5.79. The normalized spacial score (nSPS) is 19.3. The number of carbonyl (C=O) groups is 1. The second kappa shape index (κ2) is 8.26. The van der Waals surface area contributed by atoms with Crippen LogP contribution in [0.25, 0.3) is 0 Å². The molecule has 27 heavy (non-hydrogen) atoms. The fourth-order valence-corrected chi connectivity index (χ4v) is 4.48. The first kappa shape index (κ1) is 18.2. The van der Waals surface area contributed by atoms with E-state index < -0.39 is 0 Å². The van der Waals surface area contributed by atoms with E-state index in [1.165, 1.54) is 12.8 Å². The van der Waals surface area contributed by atoms with Crippen LogP contribution in [0.2, 0.25) is 5.02 Å². The summed E-state index contributed by atoms with van der Waals surface area (Å²) in [4.78, 5) is 26.3. The Hall–Kier alpha value is -2.14. The van der Waals surface area contributed by atoms with Gasteiger partial charge in [-0.05, 0) is 42.5 Å². The minimum Gasteiger partial charge on any atom is -0.339 e. The molecule has 1 atom stereocenters. The van der Waals surface area contributed by atoms with E-state index in [-0.39, 0.29) is 11.8 Å². The van der Waals surface area contributed by atoms with Gasteiger partial charge in [-0.2, -0.15) is 0 Å². The molecule has 4 rings (SSSR count). The number of nitrogens with zero attached hydrogens (tertiary/aromatic N) is 4. The maximum atomic E-state index is 13.5. The minimum absolute atomic E-state index is 0.0516. The monoisotopic (exact) mass is 384 g/mol. The van der Waals surface area contributed by atoms with E-state index in [1.807, 2.05) is 35.2 Å². The zero-order valence-electron chi connectivity index (χ0n) is 15.4. The predicted molar refractivity (Wildman–Crippen MR) is 107 cm³/mol. The molecule has 1 aromatic carbocycles. The fourth-order valence-electron chi connectivity index (χ4n) is 4.36. The van der Waals surface area contributed by atoms with Crippen molar-refractivity contribution in [3.63, 3.8) is 0 Å². The number of aromatic nitrogens is 2. The summed E-state index contributed by atoms with van der Waals surface area (Å²) in [5.74, 6) is 1.39. The van der Waals surface area contributed by atoms with Gasteiger partial charge in [0.15, 0.2) is 0 Å². The molecule has 1 unspecified atom stereocenters. The highest BCUT2D eigenvalue weighted by molar-refractivity contribution is 6.30. The number of rotatable bonds is 4. The Morgan fingerprint density at radius 1 is 1.00 bits per heavy atom. The van der Waals surface area contributed by atoms with E-state index >= 15 is 0 Å². The minimum atomic E-state index is -0.0516. The van der Waals surface area contributed by atoms with Gasteiger partial charge in [0.05, 0.1) is 5.92 Å². The second-order valence-corrected chi connectivity index (χ2v) is 7.87. The first-order valence-electron chi connectivity index (χ1n) is 9.78. The molecule has 0 radical (unpaired) electrons. The number of piperazine rings is 1. The molecule has 2 heterocycles. The lowest BCUT2D eigenvalue weighted by Crippen LogP contribution is -2.51.